The molecular formula is C17H19BrFN. The number of nitrogens with one attached hydrogen (secondary N) is 1. The molecule has 1 nitrogen and oxygen atoms in total. The van der Waals surface area contributed by atoms with Gasteiger partial charge in [-0.05, 0) is 48.2 Å². The normalized spacial score (nSPS) is 10.6. The van der Waals surface area contributed by atoms with E-state index in [0.29, 0.717) is 6.54 Å². The molecule has 2 rings (SSSR count). The van der Waals surface area contributed by atoms with Crippen molar-refractivity contribution in [2.24, 2.45) is 0 Å². The number of unbranched alkanes of at least 4 members (excludes halogenated alkanes) is 1. The lowest BCUT2D eigenvalue weighted by atomic mass is 10.1. The zero-order valence-electron chi connectivity index (χ0n) is 11.6. The summed E-state index contributed by atoms with van der Waals surface area (Å²) in [5.74, 6) is -0.221. The smallest absolute Gasteiger partial charge is 0.124 e. The van der Waals surface area contributed by atoms with E-state index in [2.05, 4.69) is 52.4 Å². The molecule has 0 aliphatic carbocycles. The number of anilines is 1. The first-order chi connectivity index (χ1) is 9.69. The molecule has 0 heterocycles. The maximum Gasteiger partial charge on any atom is 0.124 e. The van der Waals surface area contributed by atoms with Gasteiger partial charge in [-0.25, -0.2) is 4.39 Å². The number of hydrogen-bond acceptors (Lipinski definition) is 1. The van der Waals surface area contributed by atoms with E-state index in [9.17, 15) is 4.39 Å². The highest BCUT2D eigenvalue weighted by molar-refractivity contribution is 9.10. The maximum atomic E-state index is 13.0. The van der Waals surface area contributed by atoms with Crippen molar-refractivity contribution < 1.29 is 4.39 Å². The number of halogens is 2. The van der Waals surface area contributed by atoms with Crippen LogP contribution in [0.1, 0.15) is 30.9 Å². The average Bonchev–Trinajstić information content (AvgIpc) is 2.45. The first kappa shape index (κ1) is 15.0. The minimum absolute atomic E-state index is 0.221. The zero-order valence-corrected chi connectivity index (χ0v) is 13.2. The molecule has 0 fully saturated rings. The Morgan fingerprint density at radius 2 is 1.85 bits per heavy atom. The Bertz CT molecular complexity index is 551. The summed E-state index contributed by atoms with van der Waals surface area (Å²) in [7, 11) is 0. The van der Waals surface area contributed by atoms with Crippen LogP contribution in [-0.4, -0.2) is 0 Å². The lowest BCUT2D eigenvalue weighted by Crippen LogP contribution is -2.00. The molecule has 0 saturated heterocycles. The first-order valence-electron chi connectivity index (χ1n) is 6.96. The van der Waals surface area contributed by atoms with E-state index in [1.807, 2.05) is 0 Å². The molecule has 0 aliphatic rings. The van der Waals surface area contributed by atoms with Gasteiger partial charge in [-0.3, -0.25) is 0 Å². The van der Waals surface area contributed by atoms with Crippen molar-refractivity contribution in [1.82, 2.24) is 0 Å². The quantitative estimate of drug-likeness (QED) is 0.730. The van der Waals surface area contributed by atoms with Crippen molar-refractivity contribution in [3.8, 4) is 0 Å². The van der Waals surface area contributed by atoms with Crippen LogP contribution in [-0.2, 0) is 13.0 Å². The molecule has 0 radical (unpaired) electrons. The van der Waals surface area contributed by atoms with Gasteiger partial charge in [0, 0.05) is 16.7 Å². The third-order valence-corrected chi connectivity index (χ3v) is 4.01. The summed E-state index contributed by atoms with van der Waals surface area (Å²) in [6.45, 7) is 2.88. The van der Waals surface area contributed by atoms with Crippen molar-refractivity contribution >= 4 is 21.6 Å². The van der Waals surface area contributed by atoms with E-state index in [1.165, 1.54) is 30.5 Å². The molecular weight excluding hydrogens is 317 g/mol. The molecule has 0 spiro atoms. The molecule has 0 amide bonds. The van der Waals surface area contributed by atoms with Gasteiger partial charge in [0.1, 0.15) is 5.82 Å². The predicted molar refractivity (Wildman–Crippen MR) is 86.5 cm³/mol. The largest absolute Gasteiger partial charge is 0.381 e. The third kappa shape index (κ3) is 4.34. The second-order valence-corrected chi connectivity index (χ2v) is 5.74. The molecule has 0 unspecified atom stereocenters. The molecule has 1 N–H and O–H groups in total. The minimum atomic E-state index is -0.221. The van der Waals surface area contributed by atoms with E-state index in [1.54, 1.807) is 6.07 Å². The van der Waals surface area contributed by atoms with Crippen LogP contribution in [0.5, 0.6) is 0 Å². The minimum Gasteiger partial charge on any atom is -0.381 e. The molecule has 20 heavy (non-hydrogen) atoms. The highest BCUT2D eigenvalue weighted by atomic mass is 79.9. The molecule has 0 aromatic heterocycles. The summed E-state index contributed by atoms with van der Waals surface area (Å²) >= 11 is 3.38. The second-order valence-electron chi connectivity index (χ2n) is 4.89. The van der Waals surface area contributed by atoms with Crippen molar-refractivity contribution in [2.75, 3.05) is 5.32 Å². The molecule has 106 valence electrons. The monoisotopic (exact) mass is 335 g/mol. The SMILES string of the molecule is CCCCc1ccc(NCc2ccc(F)cc2Br)cc1. The van der Waals surface area contributed by atoms with Crippen LogP contribution in [0.15, 0.2) is 46.9 Å². The van der Waals surface area contributed by atoms with E-state index in [4.69, 9.17) is 0 Å². The van der Waals surface area contributed by atoms with Gasteiger partial charge in [0.05, 0.1) is 0 Å². The van der Waals surface area contributed by atoms with Crippen LogP contribution >= 0.6 is 15.9 Å². The van der Waals surface area contributed by atoms with Gasteiger partial charge >= 0.3 is 0 Å². The van der Waals surface area contributed by atoms with Crippen LogP contribution in [0.3, 0.4) is 0 Å². The van der Waals surface area contributed by atoms with Crippen LogP contribution < -0.4 is 5.32 Å². The molecule has 0 atom stereocenters. The van der Waals surface area contributed by atoms with Crippen LogP contribution in [0.4, 0.5) is 10.1 Å². The van der Waals surface area contributed by atoms with Crippen LogP contribution in [0.25, 0.3) is 0 Å². The van der Waals surface area contributed by atoms with E-state index < -0.39 is 0 Å². The van der Waals surface area contributed by atoms with Crippen molar-refractivity contribution in [2.45, 2.75) is 32.7 Å². The lowest BCUT2D eigenvalue weighted by molar-refractivity contribution is 0.626. The second kappa shape index (κ2) is 7.44. The maximum absolute atomic E-state index is 13.0. The highest BCUT2D eigenvalue weighted by Gasteiger charge is 2.01. The fourth-order valence-electron chi connectivity index (χ4n) is 2.03. The Kier molecular flexibility index (Phi) is 5.60. The van der Waals surface area contributed by atoms with Gasteiger partial charge in [0.15, 0.2) is 0 Å². The van der Waals surface area contributed by atoms with E-state index in [0.717, 1.165) is 22.1 Å². The van der Waals surface area contributed by atoms with Gasteiger partial charge < -0.3 is 5.32 Å². The average molecular weight is 336 g/mol. The predicted octanol–water partition coefficient (Wildman–Crippen LogP) is 5.54. The number of hydrogen-bond donors (Lipinski definition) is 1. The fourth-order valence-corrected chi connectivity index (χ4v) is 2.52. The summed E-state index contributed by atoms with van der Waals surface area (Å²) in [5, 5.41) is 3.35. The molecule has 0 aliphatic heterocycles. The molecule has 2 aromatic carbocycles. The molecule has 2 aromatic rings. The van der Waals surface area contributed by atoms with Crippen molar-refractivity contribution in [1.29, 1.82) is 0 Å². The lowest BCUT2D eigenvalue weighted by Gasteiger charge is -2.09. The summed E-state index contributed by atoms with van der Waals surface area (Å²) < 4.78 is 13.8. The fraction of sp³-hybridized carbons (Fsp3) is 0.294. The van der Waals surface area contributed by atoms with Gasteiger partial charge in [0.2, 0.25) is 0 Å². The Hall–Kier alpha value is -1.35. The van der Waals surface area contributed by atoms with Gasteiger partial charge in [-0.1, -0.05) is 47.5 Å². The number of benzene rings is 2. The van der Waals surface area contributed by atoms with Gasteiger partial charge in [-0.15, -0.1) is 0 Å². The summed E-state index contributed by atoms with van der Waals surface area (Å²) in [6.07, 6.45) is 3.59. The van der Waals surface area contributed by atoms with Gasteiger partial charge in [0.25, 0.3) is 0 Å². The topological polar surface area (TPSA) is 12.0 Å². The number of rotatable bonds is 6. The summed E-state index contributed by atoms with van der Waals surface area (Å²) in [5.41, 5.74) is 3.50. The zero-order chi connectivity index (χ0) is 14.4. The Balaban J connectivity index is 1.93. The molecule has 0 bridgehead atoms. The Morgan fingerprint density at radius 3 is 2.50 bits per heavy atom. The Morgan fingerprint density at radius 1 is 1.10 bits per heavy atom. The molecule has 3 heteroatoms. The van der Waals surface area contributed by atoms with Crippen LogP contribution in [0.2, 0.25) is 0 Å². The third-order valence-electron chi connectivity index (χ3n) is 3.27. The van der Waals surface area contributed by atoms with Crippen molar-refractivity contribution in [3.63, 3.8) is 0 Å². The first-order valence-corrected chi connectivity index (χ1v) is 7.75. The van der Waals surface area contributed by atoms with Crippen LogP contribution in [0, 0.1) is 5.82 Å². The van der Waals surface area contributed by atoms with E-state index in [-0.39, 0.29) is 5.82 Å². The Labute approximate surface area is 128 Å². The standard InChI is InChI=1S/C17H19BrFN/c1-2-3-4-13-5-9-16(10-6-13)20-12-14-7-8-15(19)11-17(14)18/h5-11,20H,2-4,12H2,1H3. The summed E-state index contributed by atoms with van der Waals surface area (Å²) in [6, 6.07) is 13.3. The van der Waals surface area contributed by atoms with Gasteiger partial charge in [-0.2, -0.15) is 0 Å². The van der Waals surface area contributed by atoms with Crippen molar-refractivity contribution in [3.05, 3.63) is 63.9 Å². The summed E-state index contributed by atoms with van der Waals surface area (Å²) in [4.78, 5) is 0. The van der Waals surface area contributed by atoms with E-state index >= 15 is 0 Å². The number of aryl methyl sites for hydroxylation is 1. The highest BCUT2D eigenvalue weighted by Crippen LogP contribution is 2.20. The molecule has 0 saturated carbocycles.